The first kappa shape index (κ1) is 23.0. The number of fused-ring (bicyclic) bond motifs is 1. The number of piperidine rings is 1. The SMILES string of the molecule is CC1CCC(Oc2ccc3cc(CN4CCC[C@H](CC(=O)O)C4)ccc3c2C(F)F)CC1. The number of halogens is 2. The van der Waals surface area contributed by atoms with Crippen LogP contribution in [0.15, 0.2) is 30.3 Å². The number of ether oxygens (including phenoxy) is 1. The summed E-state index contributed by atoms with van der Waals surface area (Å²) in [6, 6.07) is 9.28. The van der Waals surface area contributed by atoms with Crippen molar-refractivity contribution in [2.45, 2.75) is 70.9 Å². The molecule has 0 amide bonds. The molecule has 1 saturated heterocycles. The second kappa shape index (κ2) is 10.2. The van der Waals surface area contributed by atoms with Crippen molar-refractivity contribution >= 4 is 16.7 Å². The topological polar surface area (TPSA) is 49.8 Å². The predicted octanol–water partition coefficient (Wildman–Crippen LogP) is 6.42. The minimum absolute atomic E-state index is 0.00725. The molecule has 1 saturated carbocycles. The monoisotopic (exact) mass is 445 g/mol. The van der Waals surface area contributed by atoms with E-state index < -0.39 is 12.4 Å². The van der Waals surface area contributed by atoms with E-state index in [1.54, 1.807) is 12.1 Å². The van der Waals surface area contributed by atoms with Gasteiger partial charge in [-0.2, -0.15) is 0 Å². The third-order valence-corrected chi connectivity index (χ3v) is 7.03. The van der Waals surface area contributed by atoms with Crippen LogP contribution >= 0.6 is 0 Å². The molecule has 4 rings (SSSR count). The van der Waals surface area contributed by atoms with Gasteiger partial charge in [-0.15, -0.1) is 0 Å². The first-order valence-corrected chi connectivity index (χ1v) is 11.8. The van der Waals surface area contributed by atoms with Crippen molar-refractivity contribution in [2.24, 2.45) is 11.8 Å². The van der Waals surface area contributed by atoms with Crippen molar-refractivity contribution in [3.63, 3.8) is 0 Å². The van der Waals surface area contributed by atoms with E-state index in [2.05, 4.69) is 11.8 Å². The van der Waals surface area contributed by atoms with E-state index >= 15 is 0 Å². The molecule has 1 N–H and O–H groups in total. The van der Waals surface area contributed by atoms with Gasteiger partial charge in [0.15, 0.2) is 0 Å². The van der Waals surface area contributed by atoms with Crippen molar-refractivity contribution in [1.29, 1.82) is 0 Å². The summed E-state index contributed by atoms with van der Waals surface area (Å²) in [7, 11) is 0. The number of rotatable bonds is 7. The molecule has 174 valence electrons. The van der Waals surface area contributed by atoms with Crippen LogP contribution in [0.1, 0.15) is 69.4 Å². The molecule has 0 spiro atoms. The first-order chi connectivity index (χ1) is 15.4. The highest BCUT2D eigenvalue weighted by molar-refractivity contribution is 5.88. The minimum atomic E-state index is -2.60. The zero-order valence-electron chi connectivity index (χ0n) is 18.7. The lowest BCUT2D eigenvalue weighted by molar-refractivity contribution is -0.138. The molecule has 4 nitrogen and oxygen atoms in total. The number of nitrogens with zero attached hydrogens (tertiary/aromatic N) is 1. The molecule has 1 heterocycles. The average molecular weight is 446 g/mol. The van der Waals surface area contributed by atoms with Gasteiger partial charge in [-0.05, 0) is 85.4 Å². The standard InChI is InChI=1S/C26H33F2NO3/c1-17-4-8-21(9-5-17)32-23-11-7-20-13-19(6-10-22(20)25(23)26(27)28)16-29-12-2-3-18(15-29)14-24(30)31/h6-7,10-11,13,17-18,21,26H,2-5,8-9,12,14-16H2,1H3,(H,30,31)/t17?,18-,21?/m1/s1. The fourth-order valence-electron chi connectivity index (χ4n) is 5.30. The quantitative estimate of drug-likeness (QED) is 0.534. The Labute approximate surface area is 188 Å². The second-order valence-corrected chi connectivity index (χ2v) is 9.67. The van der Waals surface area contributed by atoms with Gasteiger partial charge in [-0.25, -0.2) is 8.78 Å². The maximum atomic E-state index is 14.1. The summed E-state index contributed by atoms with van der Waals surface area (Å²) >= 11 is 0. The van der Waals surface area contributed by atoms with Crippen LogP contribution in [0.4, 0.5) is 8.78 Å². The Bertz CT molecular complexity index is 940. The molecule has 0 radical (unpaired) electrons. The number of alkyl halides is 2. The lowest BCUT2D eigenvalue weighted by Crippen LogP contribution is -2.35. The Morgan fingerprint density at radius 2 is 1.94 bits per heavy atom. The fourth-order valence-corrected chi connectivity index (χ4v) is 5.30. The van der Waals surface area contributed by atoms with Crippen molar-refractivity contribution in [1.82, 2.24) is 4.90 Å². The smallest absolute Gasteiger partial charge is 0.303 e. The van der Waals surface area contributed by atoms with Gasteiger partial charge in [0.2, 0.25) is 0 Å². The van der Waals surface area contributed by atoms with Gasteiger partial charge in [-0.1, -0.05) is 25.1 Å². The van der Waals surface area contributed by atoms with Gasteiger partial charge >= 0.3 is 5.97 Å². The average Bonchev–Trinajstić information content (AvgIpc) is 2.75. The Hall–Kier alpha value is -2.21. The molecule has 0 bridgehead atoms. The van der Waals surface area contributed by atoms with Crippen LogP contribution in [0.3, 0.4) is 0 Å². The maximum absolute atomic E-state index is 14.1. The number of hydrogen-bond donors (Lipinski definition) is 1. The van der Waals surface area contributed by atoms with Gasteiger partial charge in [0.05, 0.1) is 11.7 Å². The highest BCUT2D eigenvalue weighted by Gasteiger charge is 2.25. The van der Waals surface area contributed by atoms with Crippen LogP contribution in [0.5, 0.6) is 5.75 Å². The minimum Gasteiger partial charge on any atom is -0.490 e. The first-order valence-electron chi connectivity index (χ1n) is 11.8. The largest absolute Gasteiger partial charge is 0.490 e. The molecule has 6 heteroatoms. The van der Waals surface area contributed by atoms with Gasteiger partial charge in [-0.3, -0.25) is 9.69 Å². The number of aliphatic carboxylic acids is 1. The summed E-state index contributed by atoms with van der Waals surface area (Å²) in [5.74, 6) is 0.420. The van der Waals surface area contributed by atoms with Crippen LogP contribution in [0, 0.1) is 11.8 Å². The van der Waals surface area contributed by atoms with Crippen LogP contribution < -0.4 is 4.74 Å². The lowest BCUT2D eigenvalue weighted by atomic mass is 9.89. The van der Waals surface area contributed by atoms with E-state index in [-0.39, 0.29) is 24.0 Å². The number of hydrogen-bond acceptors (Lipinski definition) is 3. The van der Waals surface area contributed by atoms with E-state index in [9.17, 15) is 13.6 Å². The van der Waals surface area contributed by atoms with Gasteiger partial charge < -0.3 is 9.84 Å². The van der Waals surface area contributed by atoms with E-state index in [0.717, 1.165) is 62.6 Å². The number of likely N-dealkylation sites (tertiary alicyclic amines) is 1. The summed E-state index contributed by atoms with van der Waals surface area (Å²) in [6.07, 6.45) is 3.54. The normalized spacial score (nSPS) is 24.7. The van der Waals surface area contributed by atoms with Crippen molar-refractivity contribution in [3.05, 3.63) is 41.5 Å². The fraction of sp³-hybridized carbons (Fsp3) is 0.577. The lowest BCUT2D eigenvalue weighted by Gasteiger charge is -2.32. The summed E-state index contributed by atoms with van der Waals surface area (Å²) in [5.41, 5.74) is 1.05. The molecule has 2 aromatic rings. The van der Waals surface area contributed by atoms with Crippen molar-refractivity contribution in [3.8, 4) is 5.75 Å². The van der Waals surface area contributed by atoms with Gasteiger partial charge in [0, 0.05) is 19.5 Å². The molecule has 1 aliphatic heterocycles. The Morgan fingerprint density at radius 1 is 1.16 bits per heavy atom. The molecule has 1 atom stereocenters. The predicted molar refractivity (Wildman–Crippen MR) is 121 cm³/mol. The highest BCUT2D eigenvalue weighted by Crippen LogP contribution is 2.38. The summed E-state index contributed by atoms with van der Waals surface area (Å²) in [5, 5.41) is 10.4. The molecule has 2 aliphatic rings. The molecular weight excluding hydrogens is 412 g/mol. The van der Waals surface area contributed by atoms with Gasteiger partial charge in [0.25, 0.3) is 6.43 Å². The van der Waals surface area contributed by atoms with Crippen molar-refractivity contribution in [2.75, 3.05) is 13.1 Å². The number of carboxylic acids is 1. The zero-order valence-corrected chi connectivity index (χ0v) is 18.7. The Kier molecular flexibility index (Phi) is 7.29. The number of carbonyl (C=O) groups is 1. The summed E-state index contributed by atoms with van der Waals surface area (Å²) < 4.78 is 34.2. The zero-order chi connectivity index (χ0) is 22.7. The Balaban J connectivity index is 1.51. The maximum Gasteiger partial charge on any atom is 0.303 e. The Morgan fingerprint density at radius 3 is 2.66 bits per heavy atom. The molecule has 2 fully saturated rings. The van der Waals surface area contributed by atoms with E-state index in [4.69, 9.17) is 9.84 Å². The van der Waals surface area contributed by atoms with Crippen LogP contribution in [-0.2, 0) is 11.3 Å². The third-order valence-electron chi connectivity index (χ3n) is 7.03. The number of benzene rings is 2. The molecule has 0 unspecified atom stereocenters. The highest BCUT2D eigenvalue weighted by atomic mass is 19.3. The van der Waals surface area contributed by atoms with Crippen LogP contribution in [-0.4, -0.2) is 35.2 Å². The van der Waals surface area contributed by atoms with Crippen LogP contribution in [0.25, 0.3) is 10.8 Å². The van der Waals surface area contributed by atoms with E-state index in [1.807, 2.05) is 18.2 Å². The third kappa shape index (κ3) is 5.58. The van der Waals surface area contributed by atoms with E-state index in [1.165, 1.54) is 0 Å². The van der Waals surface area contributed by atoms with Crippen LogP contribution in [0.2, 0.25) is 0 Å². The second-order valence-electron chi connectivity index (χ2n) is 9.67. The molecule has 0 aromatic heterocycles. The van der Waals surface area contributed by atoms with Gasteiger partial charge in [0.1, 0.15) is 5.75 Å². The summed E-state index contributed by atoms with van der Waals surface area (Å²) in [6.45, 7) is 4.63. The molecule has 32 heavy (non-hydrogen) atoms. The summed E-state index contributed by atoms with van der Waals surface area (Å²) in [4.78, 5) is 13.3. The molecular formula is C26H33F2NO3. The van der Waals surface area contributed by atoms with Crippen molar-refractivity contribution < 1.29 is 23.4 Å². The molecule has 2 aromatic carbocycles. The molecule has 1 aliphatic carbocycles. The van der Waals surface area contributed by atoms with E-state index in [0.29, 0.717) is 23.6 Å². The number of carboxylic acid groups (broad SMARTS) is 1.